The van der Waals surface area contributed by atoms with Crippen LogP contribution >= 0.6 is 0 Å². The van der Waals surface area contributed by atoms with Crippen molar-refractivity contribution in [2.45, 2.75) is 20.4 Å². The molecule has 1 atom stereocenters. The maximum atomic E-state index is 11.8. The number of carboxylic acids is 1. The number of carbonyl (C=O) groups excluding carboxylic acids is 1. The summed E-state index contributed by atoms with van der Waals surface area (Å²) in [5, 5.41) is 11.5. The van der Waals surface area contributed by atoms with Crippen molar-refractivity contribution in [3.8, 4) is 0 Å². The van der Waals surface area contributed by atoms with E-state index in [1.165, 1.54) is 4.90 Å². The van der Waals surface area contributed by atoms with Crippen LogP contribution in [0.1, 0.15) is 18.3 Å². The Hall–Kier alpha value is -2.11. The van der Waals surface area contributed by atoms with E-state index >= 15 is 0 Å². The Labute approximate surface area is 112 Å². The molecule has 0 radical (unpaired) electrons. The van der Waals surface area contributed by atoms with E-state index in [2.05, 4.69) is 10.3 Å². The highest BCUT2D eigenvalue weighted by atomic mass is 16.4. The summed E-state index contributed by atoms with van der Waals surface area (Å²) in [5.74, 6) is -1.51. The average Bonchev–Trinajstić information content (AvgIpc) is 2.35. The summed E-state index contributed by atoms with van der Waals surface area (Å²) in [4.78, 5) is 28.1. The first-order valence-corrected chi connectivity index (χ1v) is 6.04. The van der Waals surface area contributed by atoms with Crippen molar-refractivity contribution in [1.29, 1.82) is 0 Å². The van der Waals surface area contributed by atoms with Gasteiger partial charge in [-0.1, -0.05) is 13.0 Å². The Bertz CT molecular complexity index is 462. The number of urea groups is 1. The molecule has 0 bridgehead atoms. The molecule has 1 rings (SSSR count). The molecule has 6 nitrogen and oxygen atoms in total. The summed E-state index contributed by atoms with van der Waals surface area (Å²) in [6, 6.07) is 5.27. The van der Waals surface area contributed by atoms with Crippen LogP contribution in [0.5, 0.6) is 0 Å². The first kappa shape index (κ1) is 14.9. The molecule has 2 amide bonds. The number of nitrogens with zero attached hydrogens (tertiary/aromatic N) is 2. The van der Waals surface area contributed by atoms with Crippen molar-refractivity contribution in [2.75, 3.05) is 13.6 Å². The minimum absolute atomic E-state index is 0.169. The SMILES string of the molecule is Cc1cccc(CNC(=O)N(C)CC(C)C(=O)O)n1. The van der Waals surface area contributed by atoms with E-state index in [-0.39, 0.29) is 12.6 Å². The lowest BCUT2D eigenvalue weighted by atomic mass is 10.2. The van der Waals surface area contributed by atoms with Crippen LogP contribution in [0.3, 0.4) is 0 Å². The number of hydrogen-bond acceptors (Lipinski definition) is 3. The van der Waals surface area contributed by atoms with Gasteiger partial charge in [0, 0.05) is 19.3 Å². The normalized spacial score (nSPS) is 11.7. The highest BCUT2D eigenvalue weighted by molar-refractivity contribution is 5.75. The van der Waals surface area contributed by atoms with Crippen molar-refractivity contribution in [2.24, 2.45) is 5.92 Å². The first-order valence-electron chi connectivity index (χ1n) is 6.04. The highest BCUT2D eigenvalue weighted by Gasteiger charge is 2.17. The third-order valence-electron chi connectivity index (χ3n) is 2.68. The van der Waals surface area contributed by atoms with Crippen molar-refractivity contribution < 1.29 is 14.7 Å². The topological polar surface area (TPSA) is 82.5 Å². The fourth-order valence-corrected chi connectivity index (χ4v) is 1.57. The minimum Gasteiger partial charge on any atom is -0.481 e. The molecule has 2 N–H and O–H groups in total. The largest absolute Gasteiger partial charge is 0.481 e. The lowest BCUT2D eigenvalue weighted by Crippen LogP contribution is -2.40. The second kappa shape index (κ2) is 6.72. The van der Waals surface area contributed by atoms with Gasteiger partial charge in [-0.25, -0.2) is 4.79 Å². The number of aryl methyl sites for hydroxylation is 1. The molecule has 0 saturated carbocycles. The molecule has 1 heterocycles. The van der Waals surface area contributed by atoms with E-state index in [1.54, 1.807) is 14.0 Å². The molecule has 1 aromatic rings. The molecule has 0 aliphatic carbocycles. The summed E-state index contributed by atoms with van der Waals surface area (Å²) >= 11 is 0. The Balaban J connectivity index is 2.44. The lowest BCUT2D eigenvalue weighted by molar-refractivity contribution is -0.141. The second-order valence-electron chi connectivity index (χ2n) is 4.55. The standard InChI is InChI=1S/C13H19N3O3/c1-9(12(17)18)8-16(3)13(19)14-7-11-6-4-5-10(2)15-11/h4-6,9H,7-8H2,1-3H3,(H,14,19)(H,17,18). The number of rotatable bonds is 5. The van der Waals surface area contributed by atoms with E-state index in [4.69, 9.17) is 5.11 Å². The third-order valence-corrected chi connectivity index (χ3v) is 2.68. The van der Waals surface area contributed by atoms with Gasteiger partial charge in [0.1, 0.15) is 0 Å². The molecule has 0 aliphatic rings. The Morgan fingerprint density at radius 3 is 2.74 bits per heavy atom. The van der Waals surface area contributed by atoms with Gasteiger partial charge in [0.25, 0.3) is 0 Å². The highest BCUT2D eigenvalue weighted by Crippen LogP contribution is 2.00. The van der Waals surface area contributed by atoms with Gasteiger partial charge >= 0.3 is 12.0 Å². The number of aliphatic carboxylic acids is 1. The van der Waals surface area contributed by atoms with Gasteiger partial charge in [-0.2, -0.15) is 0 Å². The average molecular weight is 265 g/mol. The number of carbonyl (C=O) groups is 2. The second-order valence-corrected chi connectivity index (χ2v) is 4.55. The third kappa shape index (κ3) is 4.95. The lowest BCUT2D eigenvalue weighted by Gasteiger charge is -2.19. The van der Waals surface area contributed by atoms with E-state index in [1.807, 2.05) is 25.1 Å². The fourth-order valence-electron chi connectivity index (χ4n) is 1.57. The molecule has 19 heavy (non-hydrogen) atoms. The van der Waals surface area contributed by atoms with Crippen LogP contribution in [0.15, 0.2) is 18.2 Å². The smallest absolute Gasteiger partial charge is 0.317 e. The van der Waals surface area contributed by atoms with E-state index < -0.39 is 11.9 Å². The predicted molar refractivity (Wildman–Crippen MR) is 70.6 cm³/mol. The van der Waals surface area contributed by atoms with Gasteiger partial charge in [0.15, 0.2) is 0 Å². The number of aromatic nitrogens is 1. The summed E-state index contributed by atoms with van der Waals surface area (Å²) in [7, 11) is 1.57. The van der Waals surface area contributed by atoms with Crippen LogP contribution in [-0.2, 0) is 11.3 Å². The van der Waals surface area contributed by atoms with Gasteiger partial charge in [-0.05, 0) is 19.1 Å². The van der Waals surface area contributed by atoms with Crippen LogP contribution in [0.25, 0.3) is 0 Å². The molecule has 0 aromatic carbocycles. The predicted octanol–water partition coefficient (Wildman–Crippen LogP) is 1.25. The Kier molecular flexibility index (Phi) is 5.29. The van der Waals surface area contributed by atoms with Crippen LogP contribution in [0.2, 0.25) is 0 Å². The number of amides is 2. The fraction of sp³-hybridized carbons (Fsp3) is 0.462. The van der Waals surface area contributed by atoms with Crippen molar-refractivity contribution in [1.82, 2.24) is 15.2 Å². The molecule has 1 aromatic heterocycles. The minimum atomic E-state index is -0.917. The zero-order valence-corrected chi connectivity index (χ0v) is 11.4. The number of nitrogens with one attached hydrogen (secondary N) is 1. The van der Waals surface area contributed by atoms with E-state index in [0.717, 1.165) is 11.4 Å². The van der Waals surface area contributed by atoms with Crippen LogP contribution in [0, 0.1) is 12.8 Å². The summed E-state index contributed by atoms with van der Waals surface area (Å²) < 4.78 is 0. The van der Waals surface area contributed by atoms with Gasteiger partial charge in [-0.3, -0.25) is 9.78 Å². The van der Waals surface area contributed by atoms with Crippen molar-refractivity contribution >= 4 is 12.0 Å². The first-order chi connectivity index (χ1) is 8.90. The molecule has 0 spiro atoms. The molecule has 0 saturated heterocycles. The Morgan fingerprint density at radius 2 is 2.16 bits per heavy atom. The number of carboxylic acid groups (broad SMARTS) is 1. The summed E-state index contributed by atoms with van der Waals surface area (Å²) in [5.41, 5.74) is 1.66. The van der Waals surface area contributed by atoms with Crippen molar-refractivity contribution in [3.63, 3.8) is 0 Å². The molecule has 6 heteroatoms. The summed E-state index contributed by atoms with van der Waals surface area (Å²) in [6.45, 7) is 3.94. The Morgan fingerprint density at radius 1 is 1.47 bits per heavy atom. The van der Waals surface area contributed by atoms with Gasteiger partial charge in [0.05, 0.1) is 18.2 Å². The van der Waals surface area contributed by atoms with E-state index in [0.29, 0.717) is 6.54 Å². The zero-order chi connectivity index (χ0) is 14.4. The molecular weight excluding hydrogens is 246 g/mol. The number of pyridine rings is 1. The maximum Gasteiger partial charge on any atom is 0.317 e. The number of hydrogen-bond donors (Lipinski definition) is 2. The van der Waals surface area contributed by atoms with Crippen LogP contribution in [-0.4, -0.2) is 40.6 Å². The van der Waals surface area contributed by atoms with Crippen LogP contribution < -0.4 is 5.32 Å². The van der Waals surface area contributed by atoms with Crippen LogP contribution in [0.4, 0.5) is 4.79 Å². The molecule has 0 aliphatic heterocycles. The van der Waals surface area contributed by atoms with Gasteiger partial charge < -0.3 is 15.3 Å². The van der Waals surface area contributed by atoms with E-state index in [9.17, 15) is 9.59 Å². The molecule has 0 fully saturated rings. The zero-order valence-electron chi connectivity index (χ0n) is 11.4. The monoisotopic (exact) mass is 265 g/mol. The molecular formula is C13H19N3O3. The quantitative estimate of drug-likeness (QED) is 0.839. The molecule has 104 valence electrons. The molecule has 1 unspecified atom stereocenters. The summed E-state index contributed by atoms with van der Waals surface area (Å²) in [6.07, 6.45) is 0. The van der Waals surface area contributed by atoms with Gasteiger partial charge in [0.2, 0.25) is 0 Å². The van der Waals surface area contributed by atoms with Gasteiger partial charge in [-0.15, -0.1) is 0 Å². The van der Waals surface area contributed by atoms with Crippen molar-refractivity contribution in [3.05, 3.63) is 29.6 Å². The maximum absolute atomic E-state index is 11.8.